The van der Waals surface area contributed by atoms with Crippen LogP contribution in [0.15, 0.2) is 11.4 Å². The molecule has 2 aliphatic rings. The molecule has 1 amide bonds. The molecule has 2 atom stereocenters. The van der Waals surface area contributed by atoms with E-state index >= 15 is 0 Å². The quantitative estimate of drug-likeness (QED) is 0.844. The predicted molar refractivity (Wildman–Crippen MR) is 73.8 cm³/mol. The molecule has 98 valence electrons. The van der Waals surface area contributed by atoms with Crippen LogP contribution in [-0.4, -0.2) is 29.9 Å². The van der Waals surface area contributed by atoms with Crippen molar-refractivity contribution >= 4 is 17.2 Å². The monoisotopic (exact) mass is 264 g/mol. The normalized spacial score (nSPS) is 27.9. The Morgan fingerprint density at radius 1 is 1.50 bits per heavy atom. The molecule has 1 N–H and O–H groups in total. The lowest BCUT2D eigenvalue weighted by atomic mass is 9.98. The lowest BCUT2D eigenvalue weighted by molar-refractivity contribution is -0.136. The molecule has 4 heteroatoms. The van der Waals surface area contributed by atoms with Gasteiger partial charge in [0.15, 0.2) is 0 Å². The first-order valence-corrected chi connectivity index (χ1v) is 7.75. The summed E-state index contributed by atoms with van der Waals surface area (Å²) in [6, 6.07) is 2.48. The molecule has 3 heterocycles. The number of piperidine rings is 1. The highest BCUT2D eigenvalue weighted by Crippen LogP contribution is 2.33. The maximum atomic E-state index is 12.6. The summed E-state index contributed by atoms with van der Waals surface area (Å²) >= 11 is 1.82. The third kappa shape index (κ3) is 2.08. The van der Waals surface area contributed by atoms with Crippen LogP contribution in [0.1, 0.15) is 42.7 Å². The standard InChI is InChI=1S/C14H20N2OS/c1-10-11-6-9-18-13(11)5-8-16(10)14(17)12-4-2-3-7-15-12/h6,9-10,12,15H,2-5,7-8H2,1H3/t10?,12-/m1/s1. The van der Waals surface area contributed by atoms with E-state index in [0.717, 1.165) is 25.9 Å². The maximum absolute atomic E-state index is 12.6. The number of hydrogen-bond donors (Lipinski definition) is 1. The van der Waals surface area contributed by atoms with Crippen LogP contribution in [0.4, 0.5) is 0 Å². The number of carbonyl (C=O) groups is 1. The van der Waals surface area contributed by atoms with Crippen LogP contribution in [0.3, 0.4) is 0 Å². The Morgan fingerprint density at radius 3 is 3.17 bits per heavy atom. The lowest BCUT2D eigenvalue weighted by Crippen LogP contribution is -2.50. The topological polar surface area (TPSA) is 32.3 Å². The molecular formula is C14H20N2OS. The van der Waals surface area contributed by atoms with Gasteiger partial charge in [-0.2, -0.15) is 0 Å². The SMILES string of the molecule is CC1c2ccsc2CCN1C(=O)[C@H]1CCCCN1. The van der Waals surface area contributed by atoms with E-state index < -0.39 is 0 Å². The molecule has 0 saturated carbocycles. The molecule has 3 rings (SSSR count). The van der Waals surface area contributed by atoms with Crippen molar-refractivity contribution in [3.63, 3.8) is 0 Å². The first-order chi connectivity index (χ1) is 8.77. The summed E-state index contributed by atoms with van der Waals surface area (Å²) in [5, 5.41) is 5.51. The number of amides is 1. The summed E-state index contributed by atoms with van der Waals surface area (Å²) in [6.07, 6.45) is 4.40. The fraction of sp³-hybridized carbons (Fsp3) is 0.643. The van der Waals surface area contributed by atoms with Gasteiger partial charge in [-0.05, 0) is 49.7 Å². The van der Waals surface area contributed by atoms with E-state index in [4.69, 9.17) is 0 Å². The molecule has 1 unspecified atom stereocenters. The van der Waals surface area contributed by atoms with Gasteiger partial charge in [-0.15, -0.1) is 11.3 Å². The fourth-order valence-corrected chi connectivity index (χ4v) is 4.04. The number of hydrogen-bond acceptors (Lipinski definition) is 3. The fourth-order valence-electron chi connectivity index (χ4n) is 3.07. The van der Waals surface area contributed by atoms with Crippen molar-refractivity contribution in [1.29, 1.82) is 0 Å². The van der Waals surface area contributed by atoms with E-state index in [1.165, 1.54) is 23.3 Å². The van der Waals surface area contributed by atoms with Crippen LogP contribution in [-0.2, 0) is 11.2 Å². The highest BCUT2D eigenvalue weighted by molar-refractivity contribution is 7.10. The van der Waals surface area contributed by atoms with Crippen molar-refractivity contribution in [3.8, 4) is 0 Å². The van der Waals surface area contributed by atoms with E-state index in [-0.39, 0.29) is 12.1 Å². The van der Waals surface area contributed by atoms with Gasteiger partial charge in [-0.1, -0.05) is 6.42 Å². The molecule has 1 aromatic heterocycles. The summed E-state index contributed by atoms with van der Waals surface area (Å²) in [6.45, 7) is 4.03. The highest BCUT2D eigenvalue weighted by Gasteiger charge is 2.32. The number of thiophene rings is 1. The van der Waals surface area contributed by atoms with Gasteiger partial charge in [0.25, 0.3) is 0 Å². The van der Waals surface area contributed by atoms with Crippen molar-refractivity contribution in [2.45, 2.75) is 44.7 Å². The molecule has 18 heavy (non-hydrogen) atoms. The molecule has 0 bridgehead atoms. The minimum absolute atomic E-state index is 0.0568. The van der Waals surface area contributed by atoms with E-state index in [0.29, 0.717) is 5.91 Å². The second-order valence-electron chi connectivity index (χ2n) is 5.26. The van der Waals surface area contributed by atoms with Crippen LogP contribution in [0.5, 0.6) is 0 Å². The van der Waals surface area contributed by atoms with Gasteiger partial charge < -0.3 is 10.2 Å². The Morgan fingerprint density at radius 2 is 2.39 bits per heavy atom. The summed E-state index contributed by atoms with van der Waals surface area (Å²) in [5.74, 6) is 0.305. The smallest absolute Gasteiger partial charge is 0.240 e. The summed E-state index contributed by atoms with van der Waals surface area (Å²) in [7, 11) is 0. The van der Waals surface area contributed by atoms with Crippen LogP contribution in [0.2, 0.25) is 0 Å². The van der Waals surface area contributed by atoms with E-state index in [9.17, 15) is 4.79 Å². The van der Waals surface area contributed by atoms with Crippen molar-refractivity contribution in [2.75, 3.05) is 13.1 Å². The van der Waals surface area contributed by atoms with E-state index in [2.05, 4.69) is 28.6 Å². The number of nitrogens with zero attached hydrogens (tertiary/aromatic N) is 1. The maximum Gasteiger partial charge on any atom is 0.240 e. The van der Waals surface area contributed by atoms with Crippen LogP contribution in [0.25, 0.3) is 0 Å². The zero-order valence-electron chi connectivity index (χ0n) is 10.8. The second-order valence-corrected chi connectivity index (χ2v) is 6.26. The number of rotatable bonds is 1. The van der Waals surface area contributed by atoms with Crippen LogP contribution in [0, 0.1) is 0 Å². The third-order valence-corrected chi connectivity index (χ3v) is 5.17. The number of nitrogens with one attached hydrogen (secondary N) is 1. The third-order valence-electron chi connectivity index (χ3n) is 4.17. The molecular weight excluding hydrogens is 244 g/mol. The van der Waals surface area contributed by atoms with Gasteiger partial charge in [0.05, 0.1) is 12.1 Å². The first kappa shape index (κ1) is 12.2. The predicted octanol–water partition coefficient (Wildman–Crippen LogP) is 2.34. The largest absolute Gasteiger partial charge is 0.334 e. The molecule has 1 fully saturated rings. The van der Waals surface area contributed by atoms with Crippen molar-refractivity contribution < 1.29 is 4.79 Å². The van der Waals surface area contributed by atoms with Crippen molar-refractivity contribution in [3.05, 3.63) is 21.9 Å². The van der Waals surface area contributed by atoms with Crippen LogP contribution >= 0.6 is 11.3 Å². The minimum atomic E-state index is 0.0568. The summed E-state index contributed by atoms with van der Waals surface area (Å²) in [4.78, 5) is 16.1. The second kappa shape index (κ2) is 5.02. The molecule has 0 spiro atoms. The van der Waals surface area contributed by atoms with Gasteiger partial charge in [-0.3, -0.25) is 4.79 Å². The van der Waals surface area contributed by atoms with Gasteiger partial charge in [0.2, 0.25) is 5.91 Å². The zero-order valence-corrected chi connectivity index (χ0v) is 11.6. The lowest BCUT2D eigenvalue weighted by Gasteiger charge is -2.37. The average Bonchev–Trinajstić information content (AvgIpc) is 2.89. The van der Waals surface area contributed by atoms with Crippen molar-refractivity contribution in [2.24, 2.45) is 0 Å². The Labute approximate surface area is 112 Å². The molecule has 1 saturated heterocycles. The Bertz CT molecular complexity index is 437. The Kier molecular flexibility index (Phi) is 3.39. The number of fused-ring (bicyclic) bond motifs is 1. The minimum Gasteiger partial charge on any atom is -0.334 e. The van der Waals surface area contributed by atoms with Gasteiger partial charge in [0.1, 0.15) is 0 Å². The molecule has 0 aromatic carbocycles. The van der Waals surface area contributed by atoms with E-state index in [1.807, 2.05) is 11.3 Å². The zero-order chi connectivity index (χ0) is 12.5. The molecule has 0 radical (unpaired) electrons. The highest BCUT2D eigenvalue weighted by atomic mass is 32.1. The van der Waals surface area contributed by atoms with Crippen LogP contribution < -0.4 is 5.32 Å². The number of carbonyl (C=O) groups excluding carboxylic acids is 1. The van der Waals surface area contributed by atoms with Crippen molar-refractivity contribution in [1.82, 2.24) is 10.2 Å². The van der Waals surface area contributed by atoms with Gasteiger partial charge >= 0.3 is 0 Å². The van der Waals surface area contributed by atoms with Gasteiger partial charge in [-0.25, -0.2) is 0 Å². The average molecular weight is 264 g/mol. The Balaban J connectivity index is 1.75. The Hall–Kier alpha value is -0.870. The first-order valence-electron chi connectivity index (χ1n) is 6.87. The summed E-state index contributed by atoms with van der Waals surface area (Å²) in [5.41, 5.74) is 1.36. The molecule has 0 aliphatic carbocycles. The molecule has 2 aliphatic heterocycles. The molecule has 3 nitrogen and oxygen atoms in total. The molecule has 1 aromatic rings. The summed E-state index contributed by atoms with van der Waals surface area (Å²) < 4.78 is 0. The van der Waals surface area contributed by atoms with Gasteiger partial charge in [0, 0.05) is 11.4 Å². The van der Waals surface area contributed by atoms with E-state index in [1.54, 1.807) is 0 Å².